The molecule has 0 aliphatic carbocycles. The first kappa shape index (κ1) is 22.3. The Kier molecular flexibility index (Phi) is 6.06. The van der Waals surface area contributed by atoms with E-state index in [2.05, 4.69) is 77.1 Å². The quantitative estimate of drug-likeness (QED) is 0.250. The van der Waals surface area contributed by atoms with Crippen LogP contribution in [0.25, 0.3) is 27.3 Å². The molecule has 0 spiro atoms. The summed E-state index contributed by atoms with van der Waals surface area (Å²) in [6.07, 6.45) is 2.33. The number of para-hydroxylation sites is 2. The van der Waals surface area contributed by atoms with Crippen LogP contribution in [0.15, 0.2) is 78.9 Å². The molecule has 0 N–H and O–H groups in total. The Hall–Kier alpha value is -3.13. The lowest BCUT2D eigenvalue weighted by Crippen LogP contribution is -2.36. The number of hydrogen-bond acceptors (Lipinski definition) is 5. The van der Waals surface area contributed by atoms with E-state index >= 15 is 0 Å². The molecular weight excluding hydrogens is 470 g/mol. The van der Waals surface area contributed by atoms with Crippen LogP contribution in [-0.4, -0.2) is 37.3 Å². The summed E-state index contributed by atoms with van der Waals surface area (Å²) >= 11 is 7.82. The van der Waals surface area contributed by atoms with Crippen molar-refractivity contribution in [3.8, 4) is 17.1 Å². The molecule has 3 heterocycles. The predicted molar refractivity (Wildman–Crippen MR) is 146 cm³/mol. The second-order valence-electron chi connectivity index (χ2n) is 9.22. The first-order chi connectivity index (χ1) is 17.2. The SMILES string of the molecule is Cc1cccc(-c2nn(CN3CCCC(c4nc5ccccc5s4)C3)c(=S)n2-c2ccccc2)c1. The Morgan fingerprint density at radius 1 is 1.00 bits per heavy atom. The molecule has 1 aliphatic rings. The van der Waals surface area contributed by atoms with Gasteiger partial charge in [-0.25, -0.2) is 9.67 Å². The van der Waals surface area contributed by atoms with Crippen LogP contribution < -0.4 is 0 Å². The minimum Gasteiger partial charge on any atom is -0.284 e. The number of benzene rings is 3. The summed E-state index contributed by atoms with van der Waals surface area (Å²) in [6, 6.07) is 27.2. The topological polar surface area (TPSA) is 38.9 Å². The van der Waals surface area contributed by atoms with E-state index in [0.717, 1.165) is 46.9 Å². The summed E-state index contributed by atoms with van der Waals surface area (Å²) in [5.74, 6) is 1.33. The Morgan fingerprint density at radius 2 is 1.83 bits per heavy atom. The van der Waals surface area contributed by atoms with Crippen LogP contribution in [0, 0.1) is 11.7 Å². The molecule has 0 saturated carbocycles. The highest BCUT2D eigenvalue weighted by molar-refractivity contribution is 7.71. The van der Waals surface area contributed by atoms with Gasteiger partial charge < -0.3 is 0 Å². The monoisotopic (exact) mass is 497 g/mol. The summed E-state index contributed by atoms with van der Waals surface area (Å²) < 4.78 is 6.07. The van der Waals surface area contributed by atoms with Gasteiger partial charge in [0.2, 0.25) is 4.77 Å². The number of hydrogen-bond donors (Lipinski definition) is 0. The maximum Gasteiger partial charge on any atom is 0.204 e. The Morgan fingerprint density at radius 3 is 2.66 bits per heavy atom. The average molecular weight is 498 g/mol. The maximum absolute atomic E-state index is 5.99. The fraction of sp³-hybridized carbons (Fsp3) is 0.250. The van der Waals surface area contributed by atoms with Gasteiger partial charge >= 0.3 is 0 Å². The molecule has 35 heavy (non-hydrogen) atoms. The van der Waals surface area contributed by atoms with Gasteiger partial charge in [-0.3, -0.25) is 9.47 Å². The molecule has 1 unspecified atom stereocenters. The zero-order valence-electron chi connectivity index (χ0n) is 19.7. The highest BCUT2D eigenvalue weighted by atomic mass is 32.1. The lowest BCUT2D eigenvalue weighted by molar-refractivity contribution is 0.156. The van der Waals surface area contributed by atoms with Crippen LogP contribution in [-0.2, 0) is 6.67 Å². The van der Waals surface area contributed by atoms with Gasteiger partial charge in [-0.05, 0) is 68.9 Å². The minimum atomic E-state index is 0.447. The maximum atomic E-state index is 5.99. The number of aromatic nitrogens is 4. The zero-order chi connectivity index (χ0) is 23.8. The molecule has 2 aromatic heterocycles. The average Bonchev–Trinajstić information content (AvgIpc) is 3.46. The van der Waals surface area contributed by atoms with E-state index in [0.29, 0.717) is 12.6 Å². The van der Waals surface area contributed by atoms with Crippen molar-refractivity contribution in [1.29, 1.82) is 0 Å². The number of likely N-dealkylation sites (tertiary alicyclic amines) is 1. The van der Waals surface area contributed by atoms with Crippen LogP contribution in [0.2, 0.25) is 0 Å². The van der Waals surface area contributed by atoms with Crippen LogP contribution >= 0.6 is 23.6 Å². The van der Waals surface area contributed by atoms with E-state index in [1.54, 1.807) is 0 Å². The second kappa shape index (κ2) is 9.49. The molecule has 5 aromatic rings. The number of piperidine rings is 1. The number of nitrogens with zero attached hydrogens (tertiary/aromatic N) is 5. The molecule has 1 saturated heterocycles. The molecule has 1 aliphatic heterocycles. The van der Waals surface area contributed by atoms with Crippen molar-refractivity contribution >= 4 is 33.8 Å². The van der Waals surface area contributed by atoms with Crippen molar-refractivity contribution in [1.82, 2.24) is 24.2 Å². The molecule has 0 radical (unpaired) electrons. The normalized spacial score (nSPS) is 16.7. The summed E-state index contributed by atoms with van der Waals surface area (Å²) in [5, 5.41) is 6.29. The van der Waals surface area contributed by atoms with Crippen LogP contribution in [0.4, 0.5) is 0 Å². The van der Waals surface area contributed by atoms with Gasteiger partial charge in [0.05, 0.1) is 21.9 Å². The van der Waals surface area contributed by atoms with Gasteiger partial charge in [0.1, 0.15) is 0 Å². The van der Waals surface area contributed by atoms with E-state index in [1.165, 1.54) is 21.7 Å². The van der Waals surface area contributed by atoms with Crippen molar-refractivity contribution in [2.24, 2.45) is 0 Å². The number of aryl methyl sites for hydroxylation is 1. The lowest BCUT2D eigenvalue weighted by atomic mass is 9.99. The van der Waals surface area contributed by atoms with Gasteiger partial charge in [0.25, 0.3) is 0 Å². The fourth-order valence-corrected chi connectivity index (χ4v) is 6.30. The van der Waals surface area contributed by atoms with E-state index in [9.17, 15) is 0 Å². The Balaban J connectivity index is 1.32. The van der Waals surface area contributed by atoms with E-state index in [1.807, 2.05) is 34.2 Å². The lowest BCUT2D eigenvalue weighted by Gasteiger charge is -2.31. The molecule has 5 nitrogen and oxygen atoms in total. The van der Waals surface area contributed by atoms with Gasteiger partial charge in [0.15, 0.2) is 5.82 Å². The van der Waals surface area contributed by atoms with E-state index < -0.39 is 0 Å². The smallest absolute Gasteiger partial charge is 0.204 e. The molecule has 3 aromatic carbocycles. The highest BCUT2D eigenvalue weighted by Gasteiger charge is 2.25. The molecule has 1 fully saturated rings. The third kappa shape index (κ3) is 4.47. The van der Waals surface area contributed by atoms with Crippen LogP contribution in [0.3, 0.4) is 0 Å². The summed E-state index contributed by atoms with van der Waals surface area (Å²) in [4.78, 5) is 7.42. The summed E-state index contributed by atoms with van der Waals surface area (Å²) in [7, 11) is 0. The molecule has 176 valence electrons. The van der Waals surface area contributed by atoms with Crippen molar-refractivity contribution < 1.29 is 0 Å². The molecular formula is C28H27N5S2. The van der Waals surface area contributed by atoms with Crippen molar-refractivity contribution in [2.75, 3.05) is 13.1 Å². The summed E-state index contributed by atoms with van der Waals surface area (Å²) in [5.41, 5.74) is 4.42. The van der Waals surface area contributed by atoms with Gasteiger partial charge in [-0.1, -0.05) is 54.1 Å². The molecule has 0 amide bonds. The van der Waals surface area contributed by atoms with Crippen molar-refractivity contribution in [2.45, 2.75) is 32.4 Å². The molecule has 7 heteroatoms. The zero-order valence-corrected chi connectivity index (χ0v) is 21.3. The van der Waals surface area contributed by atoms with Gasteiger partial charge in [0, 0.05) is 23.7 Å². The van der Waals surface area contributed by atoms with Gasteiger partial charge in [-0.2, -0.15) is 0 Å². The minimum absolute atomic E-state index is 0.447. The predicted octanol–water partition coefficient (Wildman–Crippen LogP) is 6.83. The fourth-order valence-electron chi connectivity index (χ4n) is 4.92. The largest absolute Gasteiger partial charge is 0.284 e. The van der Waals surface area contributed by atoms with Gasteiger partial charge in [-0.15, -0.1) is 16.4 Å². The second-order valence-corrected chi connectivity index (χ2v) is 10.7. The standard InChI is InChI=1S/C28H27N5S2/c1-20-9-7-10-21(17-20)26-30-32(28(34)33(26)23-12-3-2-4-13-23)19-31-16-8-11-22(18-31)27-29-24-14-5-6-15-25(24)35-27/h2-7,9-10,12-15,17,22H,8,11,16,18-19H2,1H3. The Bertz CT molecular complexity index is 1500. The first-order valence-corrected chi connectivity index (χ1v) is 13.3. The molecule has 1 atom stereocenters. The molecule has 0 bridgehead atoms. The first-order valence-electron chi connectivity index (χ1n) is 12.1. The Labute approximate surface area is 214 Å². The number of thiazole rings is 1. The van der Waals surface area contributed by atoms with Crippen LogP contribution in [0.5, 0.6) is 0 Å². The van der Waals surface area contributed by atoms with Crippen LogP contribution in [0.1, 0.15) is 29.3 Å². The third-order valence-electron chi connectivity index (χ3n) is 6.63. The highest BCUT2D eigenvalue weighted by Crippen LogP contribution is 2.33. The number of rotatable bonds is 5. The summed E-state index contributed by atoms with van der Waals surface area (Å²) in [6.45, 7) is 4.80. The number of fused-ring (bicyclic) bond motifs is 1. The third-order valence-corrected chi connectivity index (χ3v) is 8.22. The van der Waals surface area contributed by atoms with E-state index in [-0.39, 0.29) is 0 Å². The van der Waals surface area contributed by atoms with Crippen molar-refractivity contribution in [3.05, 3.63) is 94.2 Å². The van der Waals surface area contributed by atoms with Crippen molar-refractivity contribution in [3.63, 3.8) is 0 Å². The molecule has 6 rings (SSSR count). The van der Waals surface area contributed by atoms with E-state index in [4.69, 9.17) is 22.3 Å².